The van der Waals surface area contributed by atoms with Crippen LogP contribution in [0.5, 0.6) is 0 Å². The molecule has 1 aromatic heterocycles. The third kappa shape index (κ3) is 5.66. The van der Waals surface area contributed by atoms with E-state index in [0.29, 0.717) is 27.1 Å². The van der Waals surface area contributed by atoms with E-state index in [-0.39, 0.29) is 5.97 Å². The molecule has 2 rings (SSSR count). The van der Waals surface area contributed by atoms with Crippen LogP contribution >= 0.6 is 0 Å². The number of ether oxygens (including phenoxy) is 1. The maximum atomic E-state index is 11.5. The quantitative estimate of drug-likeness (QED) is 0.390. The van der Waals surface area contributed by atoms with Crippen molar-refractivity contribution in [3.63, 3.8) is 0 Å². The number of unbranched alkanes of at least 4 members (excludes halogenated alkanes) is 2. The minimum atomic E-state index is -0.292. The Morgan fingerprint density at radius 2 is 2.05 bits per heavy atom. The number of benzene rings is 1. The van der Waals surface area contributed by atoms with Crippen LogP contribution in [0.2, 0.25) is 5.32 Å². The minimum absolute atomic E-state index is 0.292. The number of hydrogen-bond acceptors (Lipinski definition) is 3. The summed E-state index contributed by atoms with van der Waals surface area (Å²) in [6.45, 7) is 3.06. The normalized spacial score (nSPS) is 10.6. The topological polar surface area (TPSA) is 44.1 Å². The van der Waals surface area contributed by atoms with Gasteiger partial charge < -0.3 is 0 Å². The van der Waals surface area contributed by atoms with Crippen molar-refractivity contribution in [2.75, 3.05) is 6.61 Å². The first-order chi connectivity index (χ1) is 10.8. The number of aryl methyl sites for hydroxylation is 1. The van der Waals surface area contributed by atoms with Gasteiger partial charge in [-0.05, 0) is 0 Å². The summed E-state index contributed by atoms with van der Waals surface area (Å²) in [4.78, 5) is 11.5. The Hall–Kier alpha value is -1.58. The van der Waals surface area contributed by atoms with Crippen LogP contribution in [0.3, 0.4) is 0 Å². The molecule has 0 fully saturated rings. The van der Waals surface area contributed by atoms with Gasteiger partial charge in [0.25, 0.3) is 0 Å². The summed E-state index contributed by atoms with van der Waals surface area (Å²) < 4.78 is 8.25. The van der Waals surface area contributed by atoms with Crippen molar-refractivity contribution < 1.29 is 9.53 Å². The molecule has 0 N–H and O–H groups in total. The van der Waals surface area contributed by atoms with Crippen molar-refractivity contribution in [3.05, 3.63) is 48.3 Å². The Balaban J connectivity index is 1.60. The molecule has 0 bridgehead atoms. The molecule has 118 valence electrons. The van der Waals surface area contributed by atoms with Crippen LogP contribution in [0.15, 0.2) is 42.7 Å². The summed E-state index contributed by atoms with van der Waals surface area (Å²) in [7, 11) is 0. The predicted octanol–water partition coefficient (Wildman–Crippen LogP) is 2.68. The van der Waals surface area contributed by atoms with Crippen LogP contribution in [0.25, 0.3) is 0 Å². The van der Waals surface area contributed by atoms with E-state index in [2.05, 4.69) is 35.4 Å². The predicted molar refractivity (Wildman–Crippen MR) is 88.7 cm³/mol. The number of carbonyl (C=O) groups excluding carboxylic acids is 1. The van der Waals surface area contributed by atoms with Crippen molar-refractivity contribution in [2.24, 2.45) is 0 Å². The standard InChI is InChI=1S/C17H22N2O2Se/c1-2-21-17(20)15-13-18-19(14-15)11-7-4-8-12-22-16-9-5-3-6-10-16/h3,5-6,9-10,13-14H,2,4,7-8,11-12H2,1H3. The SMILES string of the molecule is CCOC(=O)c1cnn(CCCCC[Se]c2ccccc2)c1. The average Bonchev–Trinajstić information content (AvgIpc) is 3.01. The molecule has 0 saturated heterocycles. The number of hydrogen-bond donors (Lipinski definition) is 0. The summed E-state index contributed by atoms with van der Waals surface area (Å²) in [5.74, 6) is -0.292. The van der Waals surface area contributed by atoms with Gasteiger partial charge in [-0.2, -0.15) is 0 Å². The van der Waals surface area contributed by atoms with Crippen molar-refractivity contribution in [1.82, 2.24) is 9.78 Å². The molecule has 0 unspecified atom stereocenters. The molecule has 0 atom stereocenters. The van der Waals surface area contributed by atoms with Gasteiger partial charge in [0.15, 0.2) is 0 Å². The number of aromatic nitrogens is 2. The molecule has 2 aromatic rings. The Morgan fingerprint density at radius 3 is 2.82 bits per heavy atom. The zero-order chi connectivity index (χ0) is 15.6. The molecule has 0 saturated carbocycles. The summed E-state index contributed by atoms with van der Waals surface area (Å²) in [5, 5.41) is 5.49. The van der Waals surface area contributed by atoms with E-state index in [0.717, 1.165) is 13.0 Å². The molecular weight excluding hydrogens is 343 g/mol. The Labute approximate surface area is 138 Å². The van der Waals surface area contributed by atoms with E-state index >= 15 is 0 Å². The van der Waals surface area contributed by atoms with Gasteiger partial charge in [0.2, 0.25) is 0 Å². The second kappa shape index (κ2) is 9.44. The summed E-state index contributed by atoms with van der Waals surface area (Å²) in [6.07, 6.45) is 6.89. The summed E-state index contributed by atoms with van der Waals surface area (Å²) in [5.41, 5.74) is 0.536. The summed E-state index contributed by atoms with van der Waals surface area (Å²) >= 11 is 0.587. The molecule has 0 aliphatic heterocycles. The van der Waals surface area contributed by atoms with Crippen LogP contribution in [-0.4, -0.2) is 37.3 Å². The van der Waals surface area contributed by atoms with Crippen LogP contribution in [0, 0.1) is 0 Å². The molecule has 0 amide bonds. The molecule has 5 heteroatoms. The Kier molecular flexibility index (Phi) is 7.20. The Bertz CT molecular complexity index is 569. The van der Waals surface area contributed by atoms with Gasteiger partial charge in [-0.25, -0.2) is 0 Å². The Morgan fingerprint density at radius 1 is 1.23 bits per heavy atom. The van der Waals surface area contributed by atoms with E-state index < -0.39 is 0 Å². The number of esters is 1. The first-order valence-electron chi connectivity index (χ1n) is 7.67. The molecule has 0 spiro atoms. The second-order valence-corrected chi connectivity index (χ2v) is 7.39. The van der Waals surface area contributed by atoms with Crippen LogP contribution < -0.4 is 4.46 Å². The fourth-order valence-electron chi connectivity index (χ4n) is 2.07. The first kappa shape index (κ1) is 16.8. The third-order valence-corrected chi connectivity index (χ3v) is 5.49. The van der Waals surface area contributed by atoms with Gasteiger partial charge in [0.05, 0.1) is 0 Å². The van der Waals surface area contributed by atoms with E-state index in [4.69, 9.17) is 4.74 Å². The number of rotatable bonds is 9. The molecule has 0 radical (unpaired) electrons. The molecule has 0 aliphatic rings. The van der Waals surface area contributed by atoms with Crippen molar-refractivity contribution in [1.29, 1.82) is 0 Å². The van der Waals surface area contributed by atoms with Crippen LogP contribution in [0.1, 0.15) is 36.5 Å². The number of nitrogens with zero attached hydrogens (tertiary/aromatic N) is 2. The van der Waals surface area contributed by atoms with Gasteiger partial charge in [-0.1, -0.05) is 0 Å². The van der Waals surface area contributed by atoms with Gasteiger partial charge in [-0.15, -0.1) is 0 Å². The molecule has 1 heterocycles. The van der Waals surface area contributed by atoms with Crippen molar-refractivity contribution in [2.45, 2.75) is 38.1 Å². The van der Waals surface area contributed by atoms with E-state index in [1.165, 1.54) is 22.6 Å². The molecule has 1 aromatic carbocycles. The fourth-order valence-corrected chi connectivity index (χ4v) is 4.02. The molecule has 0 aliphatic carbocycles. The monoisotopic (exact) mass is 366 g/mol. The van der Waals surface area contributed by atoms with Gasteiger partial charge in [0.1, 0.15) is 0 Å². The van der Waals surface area contributed by atoms with E-state index in [9.17, 15) is 4.79 Å². The van der Waals surface area contributed by atoms with Crippen molar-refractivity contribution in [3.8, 4) is 0 Å². The third-order valence-electron chi connectivity index (χ3n) is 3.19. The molecule has 22 heavy (non-hydrogen) atoms. The van der Waals surface area contributed by atoms with Gasteiger partial charge in [0, 0.05) is 0 Å². The number of carbonyl (C=O) groups is 1. The summed E-state index contributed by atoms with van der Waals surface area (Å²) in [6, 6.07) is 10.7. The average molecular weight is 365 g/mol. The van der Waals surface area contributed by atoms with Crippen LogP contribution in [-0.2, 0) is 11.3 Å². The zero-order valence-corrected chi connectivity index (χ0v) is 14.6. The maximum absolute atomic E-state index is 11.5. The molecule has 4 nitrogen and oxygen atoms in total. The second-order valence-electron chi connectivity index (χ2n) is 4.93. The fraction of sp³-hybridized carbons (Fsp3) is 0.412. The molecular formula is C17H22N2O2Se. The van der Waals surface area contributed by atoms with Gasteiger partial charge in [-0.3, -0.25) is 0 Å². The van der Waals surface area contributed by atoms with Gasteiger partial charge >= 0.3 is 138 Å². The first-order valence-corrected chi connectivity index (χ1v) is 9.74. The van der Waals surface area contributed by atoms with E-state index in [1.54, 1.807) is 19.3 Å². The zero-order valence-electron chi connectivity index (χ0n) is 12.9. The van der Waals surface area contributed by atoms with Crippen molar-refractivity contribution >= 4 is 25.4 Å². The van der Waals surface area contributed by atoms with Crippen LogP contribution in [0.4, 0.5) is 0 Å². The van der Waals surface area contributed by atoms with E-state index in [1.807, 2.05) is 4.68 Å².